The van der Waals surface area contributed by atoms with E-state index in [4.69, 9.17) is 9.15 Å². The summed E-state index contributed by atoms with van der Waals surface area (Å²) in [4.78, 5) is 37.7. The summed E-state index contributed by atoms with van der Waals surface area (Å²) in [5, 5.41) is 8.27. The van der Waals surface area contributed by atoms with Crippen molar-refractivity contribution in [2.24, 2.45) is 0 Å². The number of methoxy groups -OCH3 is 1. The molecule has 0 aliphatic heterocycles. The van der Waals surface area contributed by atoms with Crippen LogP contribution in [0.5, 0.6) is 5.75 Å². The first-order chi connectivity index (χ1) is 16.5. The third-order valence-corrected chi connectivity index (χ3v) is 4.90. The number of benzene rings is 3. The first-order valence-corrected chi connectivity index (χ1v) is 10.3. The average Bonchev–Trinajstić information content (AvgIpc) is 3.40. The molecular weight excluding hydrogens is 434 g/mol. The third kappa shape index (κ3) is 5.31. The lowest BCUT2D eigenvalue weighted by molar-refractivity contribution is 0.0993. The molecule has 3 amide bonds. The molecule has 1 heterocycles. The maximum Gasteiger partial charge on any atom is 0.291 e. The Hall–Kier alpha value is -4.85. The van der Waals surface area contributed by atoms with Crippen LogP contribution in [0.1, 0.15) is 31.3 Å². The zero-order valence-electron chi connectivity index (χ0n) is 18.2. The van der Waals surface area contributed by atoms with Gasteiger partial charge in [-0.05, 0) is 60.7 Å². The van der Waals surface area contributed by atoms with Gasteiger partial charge in [0.05, 0.1) is 24.6 Å². The number of carbonyl (C=O) groups excluding carboxylic acids is 3. The highest BCUT2D eigenvalue weighted by Gasteiger charge is 2.15. The van der Waals surface area contributed by atoms with Gasteiger partial charge in [0, 0.05) is 23.0 Å². The molecule has 0 aliphatic carbocycles. The number of carbonyl (C=O) groups is 3. The SMILES string of the molecule is COc1cccc(NC(=O)c2ccccc2NC(=O)c2ccc(NC(=O)c3ccco3)cc2)c1. The number of rotatable bonds is 7. The molecule has 0 bridgehead atoms. The van der Waals surface area contributed by atoms with Gasteiger partial charge in [-0.25, -0.2) is 0 Å². The number of ether oxygens (including phenoxy) is 1. The van der Waals surface area contributed by atoms with E-state index in [2.05, 4.69) is 16.0 Å². The van der Waals surface area contributed by atoms with Crippen LogP contribution in [-0.4, -0.2) is 24.8 Å². The van der Waals surface area contributed by atoms with Gasteiger partial charge in [-0.15, -0.1) is 0 Å². The minimum Gasteiger partial charge on any atom is -0.497 e. The first-order valence-electron chi connectivity index (χ1n) is 10.3. The van der Waals surface area contributed by atoms with E-state index >= 15 is 0 Å². The summed E-state index contributed by atoms with van der Waals surface area (Å²) in [6.45, 7) is 0. The third-order valence-electron chi connectivity index (χ3n) is 4.90. The molecule has 170 valence electrons. The second-order valence-corrected chi connectivity index (χ2v) is 7.19. The number of para-hydroxylation sites is 1. The van der Waals surface area contributed by atoms with Gasteiger partial charge < -0.3 is 25.1 Å². The highest BCUT2D eigenvalue weighted by molar-refractivity contribution is 6.12. The fourth-order valence-corrected chi connectivity index (χ4v) is 3.19. The number of furan rings is 1. The molecule has 0 fully saturated rings. The Morgan fingerprint density at radius 1 is 0.706 bits per heavy atom. The van der Waals surface area contributed by atoms with Crippen molar-refractivity contribution in [1.29, 1.82) is 0 Å². The maximum absolute atomic E-state index is 12.8. The first kappa shape index (κ1) is 22.3. The van der Waals surface area contributed by atoms with Crippen molar-refractivity contribution in [3.8, 4) is 5.75 Å². The summed E-state index contributed by atoms with van der Waals surface area (Å²) >= 11 is 0. The van der Waals surface area contributed by atoms with Crippen molar-refractivity contribution in [1.82, 2.24) is 0 Å². The second-order valence-electron chi connectivity index (χ2n) is 7.19. The quantitative estimate of drug-likeness (QED) is 0.361. The fourth-order valence-electron chi connectivity index (χ4n) is 3.19. The van der Waals surface area contributed by atoms with Crippen molar-refractivity contribution in [3.05, 3.63) is 108 Å². The van der Waals surface area contributed by atoms with Crippen LogP contribution >= 0.6 is 0 Å². The van der Waals surface area contributed by atoms with Crippen LogP contribution in [-0.2, 0) is 0 Å². The molecule has 0 radical (unpaired) electrons. The van der Waals surface area contributed by atoms with Gasteiger partial charge in [0.2, 0.25) is 0 Å². The molecular formula is C26H21N3O5. The molecule has 0 atom stereocenters. The Morgan fingerprint density at radius 3 is 2.21 bits per heavy atom. The highest BCUT2D eigenvalue weighted by Crippen LogP contribution is 2.21. The summed E-state index contributed by atoms with van der Waals surface area (Å²) in [7, 11) is 1.55. The van der Waals surface area contributed by atoms with Gasteiger partial charge in [-0.2, -0.15) is 0 Å². The van der Waals surface area contributed by atoms with E-state index in [1.807, 2.05) is 0 Å². The molecule has 0 spiro atoms. The van der Waals surface area contributed by atoms with Gasteiger partial charge in [0.1, 0.15) is 5.75 Å². The molecule has 4 rings (SSSR count). The molecule has 4 aromatic rings. The molecule has 3 N–H and O–H groups in total. The number of anilines is 3. The minimum absolute atomic E-state index is 0.186. The summed E-state index contributed by atoms with van der Waals surface area (Å²) in [5.74, 6) is -0.363. The van der Waals surface area contributed by atoms with E-state index < -0.39 is 11.8 Å². The summed E-state index contributed by atoms with van der Waals surface area (Å²) < 4.78 is 10.2. The Morgan fingerprint density at radius 2 is 1.47 bits per heavy atom. The predicted molar refractivity (Wildman–Crippen MR) is 128 cm³/mol. The zero-order valence-corrected chi connectivity index (χ0v) is 18.2. The van der Waals surface area contributed by atoms with Crippen molar-refractivity contribution in [3.63, 3.8) is 0 Å². The number of hydrogen-bond donors (Lipinski definition) is 3. The van der Waals surface area contributed by atoms with Crippen LogP contribution in [0.25, 0.3) is 0 Å². The van der Waals surface area contributed by atoms with Crippen molar-refractivity contribution >= 4 is 34.8 Å². The van der Waals surface area contributed by atoms with Gasteiger partial charge in [0.25, 0.3) is 17.7 Å². The van der Waals surface area contributed by atoms with E-state index in [1.54, 1.807) is 92.0 Å². The van der Waals surface area contributed by atoms with E-state index in [1.165, 1.54) is 6.26 Å². The van der Waals surface area contributed by atoms with E-state index in [0.29, 0.717) is 33.9 Å². The Kier molecular flexibility index (Phi) is 6.69. The number of hydrogen-bond acceptors (Lipinski definition) is 5. The molecule has 34 heavy (non-hydrogen) atoms. The molecule has 1 aromatic heterocycles. The number of nitrogens with one attached hydrogen (secondary N) is 3. The topological polar surface area (TPSA) is 110 Å². The van der Waals surface area contributed by atoms with Gasteiger partial charge >= 0.3 is 0 Å². The monoisotopic (exact) mass is 455 g/mol. The predicted octanol–water partition coefficient (Wildman–Crippen LogP) is 5.05. The Bertz CT molecular complexity index is 1310. The van der Waals surface area contributed by atoms with Crippen LogP contribution in [0.4, 0.5) is 17.1 Å². The van der Waals surface area contributed by atoms with Gasteiger partial charge in [0.15, 0.2) is 5.76 Å². The van der Waals surface area contributed by atoms with Crippen LogP contribution in [0.3, 0.4) is 0 Å². The van der Waals surface area contributed by atoms with Crippen molar-refractivity contribution < 1.29 is 23.5 Å². The molecule has 3 aromatic carbocycles. The molecule has 0 saturated carbocycles. The molecule has 0 saturated heterocycles. The fraction of sp³-hybridized carbons (Fsp3) is 0.0385. The smallest absolute Gasteiger partial charge is 0.291 e. The second kappa shape index (κ2) is 10.2. The van der Waals surface area contributed by atoms with Crippen LogP contribution in [0.15, 0.2) is 95.6 Å². The van der Waals surface area contributed by atoms with Crippen LogP contribution < -0.4 is 20.7 Å². The average molecular weight is 455 g/mol. The van der Waals surface area contributed by atoms with E-state index in [9.17, 15) is 14.4 Å². The largest absolute Gasteiger partial charge is 0.497 e. The lowest BCUT2D eigenvalue weighted by Gasteiger charge is -2.12. The maximum atomic E-state index is 12.8. The summed E-state index contributed by atoms with van der Waals surface area (Å²) in [5.41, 5.74) is 2.11. The lowest BCUT2D eigenvalue weighted by atomic mass is 10.1. The molecule has 0 unspecified atom stereocenters. The van der Waals surface area contributed by atoms with Crippen LogP contribution in [0, 0.1) is 0 Å². The van der Waals surface area contributed by atoms with Crippen molar-refractivity contribution in [2.45, 2.75) is 0 Å². The standard InChI is InChI=1S/C26H21N3O5/c1-33-20-7-4-6-19(16-20)28-25(31)21-8-2-3-9-22(21)29-24(30)17-11-13-18(14-12-17)27-26(32)23-10-5-15-34-23/h2-16H,1H3,(H,27,32)(H,28,31)(H,29,30). The van der Waals surface area contributed by atoms with Gasteiger partial charge in [-0.3, -0.25) is 14.4 Å². The van der Waals surface area contributed by atoms with Crippen LogP contribution in [0.2, 0.25) is 0 Å². The normalized spacial score (nSPS) is 10.3. The lowest BCUT2D eigenvalue weighted by Crippen LogP contribution is -2.18. The number of amides is 3. The summed E-state index contributed by atoms with van der Waals surface area (Å²) in [6.07, 6.45) is 1.41. The van der Waals surface area contributed by atoms with E-state index in [-0.39, 0.29) is 11.7 Å². The highest BCUT2D eigenvalue weighted by atomic mass is 16.5. The zero-order chi connectivity index (χ0) is 23.9. The minimum atomic E-state index is -0.398. The summed E-state index contributed by atoms with van der Waals surface area (Å²) in [6, 6.07) is 23.2. The Balaban J connectivity index is 1.44. The van der Waals surface area contributed by atoms with E-state index in [0.717, 1.165) is 0 Å². The Labute approximate surface area is 195 Å². The van der Waals surface area contributed by atoms with Crippen molar-refractivity contribution in [2.75, 3.05) is 23.1 Å². The molecule has 8 heteroatoms. The molecule has 0 aliphatic rings. The van der Waals surface area contributed by atoms with Gasteiger partial charge in [-0.1, -0.05) is 18.2 Å². The molecule has 8 nitrogen and oxygen atoms in total.